The van der Waals surface area contributed by atoms with Crippen molar-refractivity contribution in [1.82, 2.24) is 0 Å². The fourth-order valence-electron chi connectivity index (χ4n) is 14.7. The van der Waals surface area contributed by atoms with Crippen molar-refractivity contribution in [2.45, 2.75) is 25.7 Å². The van der Waals surface area contributed by atoms with Gasteiger partial charge in [-0.25, -0.2) is 0 Å². The Morgan fingerprint density at radius 1 is 0.245 bits per heavy atom. The minimum atomic E-state index is -0.294. The molecule has 1 saturated carbocycles. The van der Waals surface area contributed by atoms with E-state index in [2.05, 4.69) is 347 Å². The van der Waals surface area contributed by atoms with Crippen molar-refractivity contribution >= 4 is 89.8 Å². The summed E-state index contributed by atoms with van der Waals surface area (Å²) >= 11 is 0. The van der Waals surface area contributed by atoms with Crippen molar-refractivity contribution in [3.8, 4) is 46.5 Å². The fourth-order valence-corrected chi connectivity index (χ4v) is 14.7. The minimum absolute atomic E-state index is 0.0873. The van der Waals surface area contributed by atoms with Gasteiger partial charge in [-0.15, -0.1) is 0 Å². The van der Waals surface area contributed by atoms with Crippen LogP contribution in [0.15, 0.2) is 374 Å². The Balaban J connectivity index is 0.655. The van der Waals surface area contributed by atoms with Gasteiger partial charge in [0.05, 0.1) is 11.4 Å². The predicted octanol–water partition coefficient (Wildman–Crippen LogP) is 24.7. The Hall–Kier alpha value is -13.8. The Bertz CT molecular complexity index is 5140. The van der Waals surface area contributed by atoms with E-state index >= 15 is 0 Å². The van der Waals surface area contributed by atoms with Crippen molar-refractivity contribution in [1.29, 1.82) is 21.0 Å². The van der Waals surface area contributed by atoms with Crippen LogP contribution >= 0.6 is 0 Å². The largest absolute Gasteiger partial charge is 0.311 e. The average Bonchev–Trinajstić information content (AvgIpc) is 0.794. The molecule has 0 radical (unpaired) electrons. The van der Waals surface area contributed by atoms with Crippen LogP contribution in [0.3, 0.4) is 0 Å². The normalized spacial score (nSPS) is 13.2. The third-order valence-electron chi connectivity index (χ3n) is 19.6. The maximum absolute atomic E-state index is 10.6. The third-order valence-corrected chi connectivity index (χ3v) is 19.6. The number of hydrogen-bond acceptors (Lipinski definition) is 8. The summed E-state index contributed by atoms with van der Waals surface area (Å²) in [6.07, 6.45) is 1.74. The number of fused-ring (bicyclic) bond motifs is 2. The van der Waals surface area contributed by atoms with E-state index in [-0.39, 0.29) is 23.0 Å². The molecule has 0 saturated heterocycles. The maximum atomic E-state index is 10.6. The predicted molar refractivity (Wildman–Crippen MR) is 418 cm³/mol. The van der Waals surface area contributed by atoms with Gasteiger partial charge in [0.15, 0.2) is 0 Å². The number of benzene rings is 14. The Labute approximate surface area is 596 Å². The molecule has 14 aromatic carbocycles. The summed E-state index contributed by atoms with van der Waals surface area (Å²) in [4.78, 5) is 9.11. The number of para-hydroxylation sites is 4. The van der Waals surface area contributed by atoms with Crippen LogP contribution in [-0.4, -0.2) is 0 Å². The van der Waals surface area contributed by atoms with Gasteiger partial charge in [0.25, 0.3) is 0 Å². The van der Waals surface area contributed by atoms with Gasteiger partial charge in [0.2, 0.25) is 0 Å². The lowest BCUT2D eigenvalue weighted by atomic mass is 9.68. The van der Waals surface area contributed by atoms with Crippen LogP contribution in [-0.2, 0) is 12.8 Å². The SMILES string of the molecule is N#CC(C#N)=C1CC(Cc2ccc(N(c3ccccc3)c3ccc(-c4ccc(N(c5ccccc5)c5cccc6ccccc56)cc4)cc3)cc2)C(=C(C#N)C#N)CC1Cc1ccc(N(c2ccccc2)c2ccc(-c3ccc(N(c4ccccc4)c4cccc5ccccc45)cc3)cc2)cc1. The molecule has 0 spiro atoms. The van der Waals surface area contributed by atoms with E-state index < -0.39 is 0 Å². The van der Waals surface area contributed by atoms with Gasteiger partial charge in [-0.3, -0.25) is 0 Å². The first-order valence-corrected chi connectivity index (χ1v) is 34.4. The first kappa shape index (κ1) is 64.2. The van der Waals surface area contributed by atoms with E-state index in [0.717, 1.165) is 113 Å². The second-order valence-corrected chi connectivity index (χ2v) is 25.7. The number of anilines is 12. The first-order valence-electron chi connectivity index (χ1n) is 34.4. The zero-order chi connectivity index (χ0) is 69.1. The molecule has 0 aliphatic heterocycles. The average molecular weight is 1310 g/mol. The van der Waals surface area contributed by atoms with Gasteiger partial charge in [-0.1, -0.05) is 218 Å². The van der Waals surface area contributed by atoms with Gasteiger partial charge in [0, 0.05) is 67.6 Å². The highest BCUT2D eigenvalue weighted by Gasteiger charge is 2.34. The molecular formula is C94H68N8. The third kappa shape index (κ3) is 13.4. The Kier molecular flexibility index (Phi) is 18.6. The van der Waals surface area contributed by atoms with E-state index in [1.807, 2.05) is 48.5 Å². The molecule has 0 aromatic heterocycles. The summed E-state index contributed by atoms with van der Waals surface area (Å²) in [7, 11) is 0. The van der Waals surface area contributed by atoms with Crippen LogP contribution < -0.4 is 19.6 Å². The van der Waals surface area contributed by atoms with Gasteiger partial charge in [0.1, 0.15) is 35.4 Å². The molecule has 14 aromatic rings. The molecule has 0 N–H and O–H groups in total. The maximum Gasteiger partial charge on any atom is 0.129 e. The number of hydrogen-bond donors (Lipinski definition) is 0. The summed E-state index contributed by atoms with van der Waals surface area (Å²) in [6.45, 7) is 0. The highest BCUT2D eigenvalue weighted by Crippen LogP contribution is 2.47. The number of nitriles is 4. The van der Waals surface area contributed by atoms with E-state index in [0.29, 0.717) is 25.7 Å². The van der Waals surface area contributed by atoms with E-state index in [1.54, 1.807) is 0 Å². The molecule has 0 bridgehead atoms. The zero-order valence-corrected chi connectivity index (χ0v) is 56.0. The molecular weight excluding hydrogens is 1240 g/mol. The highest BCUT2D eigenvalue weighted by molar-refractivity contribution is 6.00. The van der Waals surface area contributed by atoms with Crippen LogP contribution in [0.2, 0.25) is 0 Å². The molecule has 8 heteroatoms. The van der Waals surface area contributed by atoms with Gasteiger partial charge in [-0.2, -0.15) is 21.0 Å². The Morgan fingerprint density at radius 3 is 0.775 bits per heavy atom. The molecule has 8 nitrogen and oxygen atoms in total. The van der Waals surface area contributed by atoms with E-state index in [4.69, 9.17) is 0 Å². The van der Waals surface area contributed by atoms with Crippen molar-refractivity contribution in [2.24, 2.45) is 11.8 Å². The summed E-state index contributed by atoms with van der Waals surface area (Å²) in [6, 6.07) is 132. The van der Waals surface area contributed by atoms with Gasteiger partial charge < -0.3 is 19.6 Å². The molecule has 0 amide bonds. The molecule has 1 aliphatic rings. The smallest absolute Gasteiger partial charge is 0.129 e. The molecule has 0 heterocycles. The molecule has 2 atom stereocenters. The molecule has 484 valence electrons. The standard InChI is InChI=1S/C94H68N8/c95-63-77(64-96)91-62-76(60-68-37-49-84(50-38-68)100(80-25-7-2-8-26-80)86-53-41-70(42-54-86)72-45-57-88(58-46-72)102(82-29-11-4-12-30-82)94-34-18-22-74-20-14-16-32-90(74)94)92(78(65-97)66-98)61-75(91)59-67-35-47-83(48-36-67)99(79-23-5-1-6-24-79)85-51-39-69(40-52-85)71-43-55-87(56-44-71)101(81-27-9-3-10-28-81)93-33-17-21-73-19-13-15-31-89(73)93/h1-58,75-76H,59-62H2. The van der Waals surface area contributed by atoms with Crippen LogP contribution in [0.1, 0.15) is 24.0 Å². The van der Waals surface area contributed by atoms with Crippen LogP contribution in [0.4, 0.5) is 68.2 Å². The van der Waals surface area contributed by atoms with Crippen LogP contribution in [0, 0.1) is 57.2 Å². The molecule has 15 rings (SSSR count). The van der Waals surface area contributed by atoms with E-state index in [9.17, 15) is 21.0 Å². The lowest BCUT2D eigenvalue weighted by Gasteiger charge is -2.34. The minimum Gasteiger partial charge on any atom is -0.311 e. The summed E-state index contributed by atoms with van der Waals surface area (Å²) in [5.74, 6) is -0.587. The molecule has 1 fully saturated rings. The van der Waals surface area contributed by atoms with Gasteiger partial charge in [-0.05, 0) is 226 Å². The quantitative estimate of drug-likeness (QED) is 0.0782. The van der Waals surface area contributed by atoms with Crippen LogP contribution in [0.5, 0.6) is 0 Å². The Morgan fingerprint density at radius 2 is 0.480 bits per heavy atom. The number of nitrogens with zero attached hydrogens (tertiary/aromatic N) is 8. The zero-order valence-electron chi connectivity index (χ0n) is 56.0. The summed E-state index contributed by atoms with van der Waals surface area (Å²) in [5.41, 5.74) is 20.5. The number of allylic oxidation sites excluding steroid dienone is 4. The summed E-state index contributed by atoms with van der Waals surface area (Å²) in [5, 5.41) is 46.9. The van der Waals surface area contributed by atoms with E-state index in [1.165, 1.54) is 21.5 Å². The van der Waals surface area contributed by atoms with Crippen molar-refractivity contribution in [3.05, 3.63) is 385 Å². The van der Waals surface area contributed by atoms with Gasteiger partial charge >= 0.3 is 0 Å². The van der Waals surface area contributed by atoms with Crippen molar-refractivity contribution in [3.63, 3.8) is 0 Å². The first-order chi connectivity index (χ1) is 50.4. The second kappa shape index (κ2) is 29.5. The van der Waals surface area contributed by atoms with Crippen LogP contribution in [0.25, 0.3) is 43.8 Å². The van der Waals surface area contributed by atoms with Crippen molar-refractivity contribution in [2.75, 3.05) is 19.6 Å². The summed E-state index contributed by atoms with van der Waals surface area (Å²) < 4.78 is 0. The fraction of sp³-hybridized carbons (Fsp3) is 0.0638. The number of rotatable bonds is 18. The molecule has 2 unspecified atom stereocenters. The lowest BCUT2D eigenvalue weighted by molar-refractivity contribution is 0.433. The molecule has 1 aliphatic carbocycles. The molecule has 102 heavy (non-hydrogen) atoms. The monoisotopic (exact) mass is 1310 g/mol. The van der Waals surface area contributed by atoms with Crippen molar-refractivity contribution < 1.29 is 0 Å². The topological polar surface area (TPSA) is 108 Å². The lowest BCUT2D eigenvalue weighted by Crippen LogP contribution is -2.25. The highest BCUT2D eigenvalue weighted by atomic mass is 15.2. The second-order valence-electron chi connectivity index (χ2n) is 25.7.